The van der Waals surface area contributed by atoms with Crippen molar-refractivity contribution in [3.63, 3.8) is 0 Å². The van der Waals surface area contributed by atoms with Gasteiger partial charge in [-0.1, -0.05) is 24.3 Å². The molecule has 128 valence electrons. The maximum absolute atomic E-state index is 12.8. The van der Waals surface area contributed by atoms with Crippen LogP contribution < -0.4 is 5.32 Å². The molecule has 0 saturated carbocycles. The summed E-state index contributed by atoms with van der Waals surface area (Å²) in [6.07, 6.45) is 3.48. The highest BCUT2D eigenvalue weighted by atomic mass is 35.5. The maximum Gasteiger partial charge on any atom is 0.273 e. The molecular weight excluding hydrogens is 342 g/mol. The Hall–Kier alpha value is -1.43. The molecule has 2 aliphatic rings. The molecule has 1 amide bonds. The van der Waals surface area contributed by atoms with Gasteiger partial charge in [-0.15, -0.1) is 23.7 Å². The van der Waals surface area contributed by atoms with Gasteiger partial charge >= 0.3 is 0 Å². The normalized spacial score (nSPS) is 22.8. The number of amides is 1. The van der Waals surface area contributed by atoms with E-state index in [9.17, 15) is 4.79 Å². The Morgan fingerprint density at radius 3 is 2.88 bits per heavy atom. The average Bonchev–Trinajstić information content (AvgIpc) is 3.14. The van der Waals surface area contributed by atoms with Crippen molar-refractivity contribution < 1.29 is 4.79 Å². The Balaban J connectivity index is 0.00000169. The predicted octanol–water partition coefficient (Wildman–Crippen LogP) is 3.51. The van der Waals surface area contributed by atoms with E-state index in [-0.39, 0.29) is 18.3 Å². The van der Waals surface area contributed by atoms with Gasteiger partial charge in [0.05, 0.1) is 0 Å². The summed E-state index contributed by atoms with van der Waals surface area (Å²) in [7, 11) is 0. The summed E-state index contributed by atoms with van der Waals surface area (Å²) in [5.74, 6) is 0.0791. The number of aromatic nitrogens is 1. The molecule has 0 spiro atoms. The lowest BCUT2D eigenvalue weighted by Crippen LogP contribution is -2.39. The highest BCUT2D eigenvalue weighted by Gasteiger charge is 2.32. The van der Waals surface area contributed by atoms with Crippen LogP contribution in [0.1, 0.15) is 35.3 Å². The number of hydrogen-bond acceptors (Lipinski definition) is 4. The van der Waals surface area contributed by atoms with Gasteiger partial charge in [0.15, 0.2) is 0 Å². The van der Waals surface area contributed by atoms with E-state index in [2.05, 4.69) is 29.4 Å². The molecule has 2 aliphatic heterocycles. The smallest absolute Gasteiger partial charge is 0.273 e. The number of fused-ring (bicyclic) bond motifs is 2. The van der Waals surface area contributed by atoms with Gasteiger partial charge in [0, 0.05) is 36.1 Å². The van der Waals surface area contributed by atoms with Crippen LogP contribution in [0.15, 0.2) is 29.6 Å². The van der Waals surface area contributed by atoms with Gasteiger partial charge in [-0.2, -0.15) is 0 Å². The number of rotatable bonds is 2. The Labute approximate surface area is 152 Å². The van der Waals surface area contributed by atoms with Crippen LogP contribution >= 0.6 is 23.7 Å². The summed E-state index contributed by atoms with van der Waals surface area (Å²) in [5.41, 5.74) is 2.90. The standard InChI is InChI=1S/C18H21N3OS.ClH/c1-12-4-2-3-5-15(12)17-20-16(11-23-17)18(22)21-9-8-13-6-7-14(10-21)19-13;/h2-5,11,13-14,19H,6-10H2,1H3;1H. The molecular formula is C18H22ClN3OS. The second-order valence-electron chi connectivity index (χ2n) is 6.53. The number of thiazole rings is 1. The predicted molar refractivity (Wildman–Crippen MR) is 100 cm³/mol. The molecule has 0 radical (unpaired) electrons. The van der Waals surface area contributed by atoms with Crippen LogP contribution in [-0.4, -0.2) is 41.0 Å². The molecule has 2 fully saturated rings. The number of likely N-dealkylation sites (tertiary alicyclic amines) is 1. The first-order valence-electron chi connectivity index (χ1n) is 8.27. The number of carbonyl (C=O) groups excluding carboxylic acids is 1. The second kappa shape index (κ2) is 7.21. The van der Waals surface area contributed by atoms with Crippen molar-refractivity contribution in [2.75, 3.05) is 13.1 Å². The highest BCUT2D eigenvalue weighted by molar-refractivity contribution is 7.13. The van der Waals surface area contributed by atoms with Crippen LogP contribution in [0, 0.1) is 6.92 Å². The van der Waals surface area contributed by atoms with Gasteiger partial charge in [0.25, 0.3) is 5.91 Å². The highest BCUT2D eigenvalue weighted by Crippen LogP contribution is 2.28. The first-order valence-corrected chi connectivity index (χ1v) is 9.15. The van der Waals surface area contributed by atoms with Crippen LogP contribution in [0.4, 0.5) is 0 Å². The molecule has 2 atom stereocenters. The summed E-state index contributed by atoms with van der Waals surface area (Å²) >= 11 is 1.56. The van der Waals surface area contributed by atoms with E-state index in [1.54, 1.807) is 11.3 Å². The largest absolute Gasteiger partial charge is 0.336 e. The van der Waals surface area contributed by atoms with E-state index in [4.69, 9.17) is 0 Å². The van der Waals surface area contributed by atoms with Crippen LogP contribution in [0.5, 0.6) is 0 Å². The van der Waals surface area contributed by atoms with Gasteiger partial charge in [0.1, 0.15) is 10.7 Å². The van der Waals surface area contributed by atoms with Crippen molar-refractivity contribution in [2.24, 2.45) is 0 Å². The number of carbonyl (C=O) groups is 1. The zero-order valence-corrected chi connectivity index (χ0v) is 15.3. The second-order valence-corrected chi connectivity index (χ2v) is 7.39. The van der Waals surface area contributed by atoms with E-state index in [0.717, 1.165) is 30.1 Å². The van der Waals surface area contributed by atoms with Crippen molar-refractivity contribution in [1.82, 2.24) is 15.2 Å². The number of nitrogens with zero attached hydrogens (tertiary/aromatic N) is 2. The van der Waals surface area contributed by atoms with Crippen molar-refractivity contribution in [3.8, 4) is 10.6 Å². The topological polar surface area (TPSA) is 45.2 Å². The molecule has 2 aromatic rings. The van der Waals surface area contributed by atoms with E-state index < -0.39 is 0 Å². The third kappa shape index (κ3) is 3.34. The van der Waals surface area contributed by atoms with Gasteiger partial charge < -0.3 is 10.2 Å². The van der Waals surface area contributed by atoms with Crippen LogP contribution in [-0.2, 0) is 0 Å². The fourth-order valence-electron chi connectivity index (χ4n) is 3.60. The number of nitrogens with one attached hydrogen (secondary N) is 1. The third-order valence-corrected chi connectivity index (χ3v) is 5.78. The summed E-state index contributed by atoms with van der Waals surface area (Å²) in [6.45, 7) is 3.73. The van der Waals surface area contributed by atoms with Gasteiger partial charge in [-0.05, 0) is 31.7 Å². The zero-order chi connectivity index (χ0) is 15.8. The van der Waals surface area contributed by atoms with Crippen molar-refractivity contribution in [1.29, 1.82) is 0 Å². The lowest BCUT2D eigenvalue weighted by Gasteiger charge is -2.23. The first-order chi connectivity index (χ1) is 11.2. The van der Waals surface area contributed by atoms with E-state index in [1.165, 1.54) is 18.4 Å². The first kappa shape index (κ1) is 17.4. The van der Waals surface area contributed by atoms with Gasteiger partial charge in [-0.3, -0.25) is 4.79 Å². The van der Waals surface area contributed by atoms with Crippen LogP contribution in [0.2, 0.25) is 0 Å². The van der Waals surface area contributed by atoms with E-state index >= 15 is 0 Å². The van der Waals surface area contributed by atoms with Crippen molar-refractivity contribution in [2.45, 2.75) is 38.3 Å². The average molecular weight is 364 g/mol. The van der Waals surface area contributed by atoms with Crippen molar-refractivity contribution >= 4 is 29.7 Å². The third-order valence-electron chi connectivity index (χ3n) is 4.91. The monoisotopic (exact) mass is 363 g/mol. The molecule has 2 bridgehead atoms. The molecule has 1 N–H and O–H groups in total. The lowest BCUT2D eigenvalue weighted by molar-refractivity contribution is 0.0743. The summed E-state index contributed by atoms with van der Waals surface area (Å²) in [4.78, 5) is 19.4. The molecule has 4 nitrogen and oxygen atoms in total. The van der Waals surface area contributed by atoms with Crippen molar-refractivity contribution in [3.05, 3.63) is 40.9 Å². The van der Waals surface area contributed by atoms with E-state index in [1.807, 2.05) is 22.4 Å². The minimum absolute atomic E-state index is 0. The number of hydrogen-bond donors (Lipinski definition) is 1. The summed E-state index contributed by atoms with van der Waals surface area (Å²) in [5, 5.41) is 6.45. The Morgan fingerprint density at radius 1 is 1.25 bits per heavy atom. The SMILES string of the molecule is Cc1ccccc1-c1nc(C(=O)N2CCC3CCC(C2)N3)cs1.Cl. The molecule has 3 heterocycles. The molecule has 6 heteroatoms. The lowest BCUT2D eigenvalue weighted by atomic mass is 10.1. The minimum atomic E-state index is 0. The zero-order valence-electron chi connectivity index (χ0n) is 13.7. The maximum atomic E-state index is 12.8. The summed E-state index contributed by atoms with van der Waals surface area (Å²) in [6, 6.07) is 9.24. The number of benzene rings is 1. The molecule has 24 heavy (non-hydrogen) atoms. The fourth-order valence-corrected chi connectivity index (χ4v) is 4.48. The molecule has 1 aromatic carbocycles. The quantitative estimate of drug-likeness (QED) is 0.888. The summed E-state index contributed by atoms with van der Waals surface area (Å²) < 4.78 is 0. The molecule has 1 aromatic heterocycles. The number of aryl methyl sites for hydroxylation is 1. The van der Waals surface area contributed by atoms with Gasteiger partial charge in [0.2, 0.25) is 0 Å². The molecule has 2 saturated heterocycles. The Kier molecular flexibility index (Phi) is 5.23. The fraction of sp³-hybridized carbons (Fsp3) is 0.444. The van der Waals surface area contributed by atoms with E-state index in [0.29, 0.717) is 17.8 Å². The van der Waals surface area contributed by atoms with Gasteiger partial charge in [-0.25, -0.2) is 4.98 Å². The Bertz CT molecular complexity index is 733. The molecule has 0 aliphatic carbocycles. The number of halogens is 1. The van der Waals surface area contributed by atoms with Crippen LogP contribution in [0.25, 0.3) is 10.6 Å². The van der Waals surface area contributed by atoms with Crippen LogP contribution in [0.3, 0.4) is 0 Å². The minimum Gasteiger partial charge on any atom is -0.336 e. The molecule has 4 rings (SSSR count). The molecule has 2 unspecified atom stereocenters. The Morgan fingerprint density at radius 2 is 2.04 bits per heavy atom.